The molecule has 0 fully saturated rings. The van der Waals surface area contributed by atoms with E-state index in [4.69, 9.17) is 15.9 Å². The van der Waals surface area contributed by atoms with E-state index < -0.39 is 0 Å². The number of terminal acetylenes is 1. The van der Waals surface area contributed by atoms with E-state index in [2.05, 4.69) is 10.9 Å². The molecule has 0 bridgehead atoms. The Morgan fingerprint density at radius 1 is 1.25 bits per heavy atom. The minimum Gasteiger partial charge on any atom is -0.497 e. The van der Waals surface area contributed by atoms with Crippen molar-refractivity contribution in [2.24, 2.45) is 0 Å². The number of benzene rings is 2. The van der Waals surface area contributed by atoms with Crippen molar-refractivity contribution in [3.8, 4) is 23.8 Å². The van der Waals surface area contributed by atoms with Gasteiger partial charge in [0.2, 0.25) is 0 Å². The fraction of sp³-hybridized carbons (Fsp3) is 0.182. The van der Waals surface area contributed by atoms with Gasteiger partial charge in [-0.1, -0.05) is 29.8 Å². The lowest BCUT2D eigenvalue weighted by Crippen LogP contribution is -2.09. The maximum atomic E-state index is 13.0. The van der Waals surface area contributed by atoms with Crippen molar-refractivity contribution < 1.29 is 14.3 Å². The van der Waals surface area contributed by atoms with Crippen LogP contribution in [0.15, 0.2) is 53.7 Å². The van der Waals surface area contributed by atoms with Gasteiger partial charge < -0.3 is 9.47 Å². The van der Waals surface area contributed by atoms with Gasteiger partial charge in [0.25, 0.3) is 5.91 Å². The molecule has 0 unspecified atom stereocenters. The maximum absolute atomic E-state index is 13.0. The molecule has 0 saturated carbocycles. The average molecular weight is 392 g/mol. The lowest BCUT2D eigenvalue weighted by Gasteiger charge is -2.06. The number of ether oxygens (including phenoxy) is 2. The Hall–Kier alpha value is -3.17. The number of allylic oxidation sites excluding steroid dienone is 1. The van der Waals surface area contributed by atoms with Gasteiger partial charge in [-0.3, -0.25) is 9.36 Å². The van der Waals surface area contributed by atoms with Crippen LogP contribution in [0.2, 0.25) is 0 Å². The minimum atomic E-state index is -0.202. The molecule has 2 aromatic carbocycles. The van der Waals surface area contributed by atoms with Gasteiger partial charge in [0, 0.05) is 12.1 Å². The Labute approximate surface area is 168 Å². The summed E-state index contributed by atoms with van der Waals surface area (Å²) in [5.41, 5.74) is 2.30. The van der Waals surface area contributed by atoms with Gasteiger partial charge in [0.15, 0.2) is 5.16 Å². The summed E-state index contributed by atoms with van der Waals surface area (Å²) in [6, 6.07) is 13.0. The van der Waals surface area contributed by atoms with E-state index >= 15 is 0 Å². The fourth-order valence-electron chi connectivity index (χ4n) is 2.66. The first-order valence-electron chi connectivity index (χ1n) is 8.74. The monoisotopic (exact) mass is 392 g/mol. The molecule has 6 heteroatoms. The van der Waals surface area contributed by atoms with Gasteiger partial charge in [-0.15, -0.1) is 6.42 Å². The molecule has 0 aliphatic heterocycles. The van der Waals surface area contributed by atoms with Crippen LogP contribution in [0.3, 0.4) is 0 Å². The highest BCUT2D eigenvalue weighted by Gasteiger charge is 2.16. The summed E-state index contributed by atoms with van der Waals surface area (Å²) in [4.78, 5) is 17.5. The third kappa shape index (κ3) is 4.38. The number of nitrogens with zero attached hydrogens (tertiary/aromatic N) is 2. The molecule has 0 N–H and O–H groups in total. The first-order valence-corrected chi connectivity index (χ1v) is 9.73. The van der Waals surface area contributed by atoms with Crippen LogP contribution < -0.4 is 9.47 Å². The van der Waals surface area contributed by atoms with Crippen LogP contribution in [0.1, 0.15) is 17.3 Å². The van der Waals surface area contributed by atoms with Crippen molar-refractivity contribution in [2.45, 2.75) is 12.1 Å². The molecule has 1 heterocycles. The highest BCUT2D eigenvalue weighted by Crippen LogP contribution is 2.27. The molecular formula is C22H20N2O3S. The Bertz CT molecular complexity index is 1050. The molecule has 5 nitrogen and oxygen atoms in total. The molecule has 3 aromatic rings. The van der Waals surface area contributed by atoms with Crippen LogP contribution in [0, 0.1) is 12.3 Å². The lowest BCUT2D eigenvalue weighted by atomic mass is 10.2. The Morgan fingerprint density at radius 2 is 2.00 bits per heavy atom. The quantitative estimate of drug-likeness (QED) is 0.336. The molecule has 0 aliphatic rings. The molecule has 0 amide bonds. The standard InChI is InChI=1S/C22H20N2O3S/c1-4-14-28-22-23-19-12-11-18(27-5-2)15-20(19)24(22)21(25)13-8-16-6-9-17(26-3)10-7-16/h1,6-13,15H,5,14H2,2-3H3. The van der Waals surface area contributed by atoms with Gasteiger partial charge in [-0.05, 0) is 42.8 Å². The Morgan fingerprint density at radius 3 is 2.68 bits per heavy atom. The number of thioether (sulfide) groups is 1. The normalized spacial score (nSPS) is 10.9. The second kappa shape index (κ2) is 9.16. The van der Waals surface area contributed by atoms with Gasteiger partial charge in [-0.2, -0.15) is 0 Å². The Kier molecular flexibility index (Phi) is 6.41. The number of fused-ring (bicyclic) bond motifs is 1. The molecule has 3 rings (SSSR count). The number of carbonyl (C=O) groups excluding carboxylic acids is 1. The third-order valence-electron chi connectivity index (χ3n) is 3.95. The van der Waals surface area contributed by atoms with Gasteiger partial charge >= 0.3 is 0 Å². The van der Waals surface area contributed by atoms with E-state index in [-0.39, 0.29) is 5.91 Å². The number of hydrogen-bond donors (Lipinski definition) is 0. The number of hydrogen-bond acceptors (Lipinski definition) is 5. The number of rotatable bonds is 7. The molecule has 0 aliphatic carbocycles. The van der Waals surface area contributed by atoms with E-state index in [1.807, 2.05) is 49.4 Å². The van der Waals surface area contributed by atoms with Crippen molar-refractivity contribution in [1.29, 1.82) is 0 Å². The van der Waals surface area contributed by atoms with E-state index in [1.165, 1.54) is 17.8 Å². The zero-order chi connectivity index (χ0) is 19.9. The van der Waals surface area contributed by atoms with E-state index in [1.54, 1.807) is 17.8 Å². The summed E-state index contributed by atoms with van der Waals surface area (Å²) in [7, 11) is 1.62. The summed E-state index contributed by atoms with van der Waals surface area (Å²) in [5.74, 6) is 4.25. The van der Waals surface area contributed by atoms with E-state index in [9.17, 15) is 4.79 Å². The molecule has 0 saturated heterocycles. The SMILES string of the molecule is C#CCSc1nc2ccc(OCC)cc2n1C(=O)C=Cc1ccc(OC)cc1. The van der Waals surface area contributed by atoms with Crippen LogP contribution in [0.5, 0.6) is 11.5 Å². The smallest absolute Gasteiger partial charge is 0.257 e. The maximum Gasteiger partial charge on any atom is 0.257 e. The third-order valence-corrected chi connectivity index (χ3v) is 4.79. The average Bonchev–Trinajstić information content (AvgIpc) is 3.08. The second-order valence-electron chi connectivity index (χ2n) is 5.75. The number of imidazole rings is 1. The zero-order valence-corrected chi connectivity index (χ0v) is 16.5. The molecule has 142 valence electrons. The first kappa shape index (κ1) is 19.6. The molecule has 0 atom stereocenters. The number of methoxy groups -OCH3 is 1. The van der Waals surface area contributed by atoms with Crippen LogP contribution in [-0.4, -0.2) is 34.9 Å². The van der Waals surface area contributed by atoms with Crippen LogP contribution >= 0.6 is 11.8 Å². The lowest BCUT2D eigenvalue weighted by molar-refractivity contribution is 0.0965. The van der Waals surface area contributed by atoms with Crippen molar-refractivity contribution in [3.05, 3.63) is 54.1 Å². The highest BCUT2D eigenvalue weighted by atomic mass is 32.2. The minimum absolute atomic E-state index is 0.202. The van der Waals surface area contributed by atoms with Gasteiger partial charge in [0.05, 0.1) is 30.5 Å². The van der Waals surface area contributed by atoms with Crippen molar-refractivity contribution in [3.63, 3.8) is 0 Å². The predicted molar refractivity (Wildman–Crippen MR) is 113 cm³/mol. The molecule has 0 radical (unpaired) electrons. The molecule has 0 spiro atoms. The van der Waals surface area contributed by atoms with Crippen molar-refractivity contribution in [1.82, 2.24) is 9.55 Å². The first-order chi connectivity index (χ1) is 13.7. The topological polar surface area (TPSA) is 53.4 Å². The summed E-state index contributed by atoms with van der Waals surface area (Å²) in [5, 5.41) is 0.561. The zero-order valence-electron chi connectivity index (χ0n) is 15.7. The molecule has 1 aromatic heterocycles. The van der Waals surface area contributed by atoms with Gasteiger partial charge in [-0.25, -0.2) is 4.98 Å². The number of aromatic nitrogens is 2. The predicted octanol–water partition coefficient (Wildman–Crippen LogP) is 4.52. The summed E-state index contributed by atoms with van der Waals surface area (Å²) in [6.45, 7) is 2.46. The van der Waals surface area contributed by atoms with Crippen molar-refractivity contribution >= 4 is 34.8 Å². The van der Waals surface area contributed by atoms with Crippen LogP contribution in [-0.2, 0) is 0 Å². The van der Waals surface area contributed by atoms with Gasteiger partial charge in [0.1, 0.15) is 11.5 Å². The largest absolute Gasteiger partial charge is 0.497 e. The van der Waals surface area contributed by atoms with Crippen LogP contribution in [0.25, 0.3) is 17.1 Å². The Balaban J connectivity index is 1.97. The van der Waals surface area contributed by atoms with E-state index in [0.717, 1.165) is 11.3 Å². The van der Waals surface area contributed by atoms with Crippen molar-refractivity contribution in [2.75, 3.05) is 19.5 Å². The second-order valence-corrected chi connectivity index (χ2v) is 6.69. The molecular weight excluding hydrogens is 372 g/mol. The highest BCUT2D eigenvalue weighted by molar-refractivity contribution is 7.99. The fourth-order valence-corrected chi connectivity index (χ4v) is 3.36. The van der Waals surface area contributed by atoms with Crippen LogP contribution in [0.4, 0.5) is 0 Å². The summed E-state index contributed by atoms with van der Waals surface area (Å²) < 4.78 is 12.3. The summed E-state index contributed by atoms with van der Waals surface area (Å²) >= 11 is 1.35. The summed E-state index contributed by atoms with van der Waals surface area (Å²) in [6.07, 6.45) is 8.67. The number of carbonyl (C=O) groups is 1. The van der Waals surface area contributed by atoms with E-state index in [0.29, 0.717) is 34.3 Å². The molecule has 28 heavy (non-hydrogen) atoms.